The van der Waals surface area contributed by atoms with E-state index in [1.165, 1.54) is 5.69 Å². The highest BCUT2D eigenvalue weighted by molar-refractivity contribution is 6.62. The average molecular weight is 370 g/mol. The van der Waals surface area contributed by atoms with Gasteiger partial charge in [0.25, 0.3) is 0 Å². The van der Waals surface area contributed by atoms with E-state index in [0.29, 0.717) is 6.61 Å². The van der Waals surface area contributed by atoms with Crippen LogP contribution in [0.3, 0.4) is 0 Å². The molecular formula is C21H31BN2O3. The Hall–Kier alpha value is -1.79. The summed E-state index contributed by atoms with van der Waals surface area (Å²) in [6, 6.07) is 10.2. The predicted molar refractivity (Wildman–Crippen MR) is 109 cm³/mol. The number of aryl methyl sites for hydroxylation is 2. The first-order valence-electron chi connectivity index (χ1n) is 9.89. The second-order valence-electron chi connectivity index (χ2n) is 8.07. The molecule has 0 radical (unpaired) electrons. The minimum absolute atomic E-state index is 0.345. The molecule has 0 saturated carbocycles. The molecule has 1 fully saturated rings. The van der Waals surface area contributed by atoms with E-state index in [-0.39, 0.29) is 18.3 Å². The van der Waals surface area contributed by atoms with Gasteiger partial charge in [0, 0.05) is 5.69 Å². The smallest absolute Gasteiger partial charge is 0.492 e. The summed E-state index contributed by atoms with van der Waals surface area (Å²) in [5.41, 5.74) is 2.67. The van der Waals surface area contributed by atoms with Crippen LogP contribution in [-0.2, 0) is 28.7 Å². The van der Waals surface area contributed by atoms with Gasteiger partial charge in [0.1, 0.15) is 12.4 Å². The Morgan fingerprint density at radius 2 is 1.74 bits per heavy atom. The summed E-state index contributed by atoms with van der Waals surface area (Å²) >= 11 is 0. The molecule has 27 heavy (non-hydrogen) atoms. The normalized spacial score (nSPS) is 18.1. The molecule has 0 unspecified atom stereocenters. The Morgan fingerprint density at radius 3 is 2.37 bits per heavy atom. The summed E-state index contributed by atoms with van der Waals surface area (Å²) in [7, 11) is -0.372. The number of nitrogens with zero attached hydrogens (tertiary/aromatic N) is 2. The first kappa shape index (κ1) is 20.0. The first-order chi connectivity index (χ1) is 12.8. The van der Waals surface area contributed by atoms with Crippen molar-refractivity contribution in [2.24, 2.45) is 0 Å². The Labute approximate surface area is 163 Å². The van der Waals surface area contributed by atoms with Gasteiger partial charge in [0.2, 0.25) is 0 Å². The Bertz CT molecular complexity index is 769. The Morgan fingerprint density at radius 1 is 1.04 bits per heavy atom. The first-order valence-corrected chi connectivity index (χ1v) is 9.89. The molecule has 2 heterocycles. The monoisotopic (exact) mass is 370 g/mol. The number of hydrogen-bond donors (Lipinski definition) is 0. The van der Waals surface area contributed by atoms with Gasteiger partial charge < -0.3 is 14.0 Å². The largest absolute Gasteiger partial charge is 0.494 e. The van der Waals surface area contributed by atoms with Crippen LogP contribution in [0.15, 0.2) is 30.3 Å². The zero-order valence-electron chi connectivity index (χ0n) is 17.4. The molecule has 1 aromatic heterocycles. The topological polar surface area (TPSA) is 45.5 Å². The van der Waals surface area contributed by atoms with Crippen molar-refractivity contribution < 1.29 is 14.0 Å². The number of aromatic nitrogens is 2. The van der Waals surface area contributed by atoms with Gasteiger partial charge >= 0.3 is 7.12 Å². The fourth-order valence-electron chi connectivity index (χ4n) is 3.15. The second-order valence-corrected chi connectivity index (χ2v) is 8.07. The highest BCUT2D eigenvalue weighted by Gasteiger charge is 2.51. The van der Waals surface area contributed by atoms with Crippen LogP contribution < -0.4 is 10.2 Å². The molecule has 1 aliphatic heterocycles. The fraction of sp³-hybridized carbons (Fsp3) is 0.571. The molecule has 1 aromatic carbocycles. The van der Waals surface area contributed by atoms with Crippen LogP contribution in [0.5, 0.6) is 5.75 Å². The van der Waals surface area contributed by atoms with Crippen LogP contribution in [0.1, 0.15) is 52.9 Å². The molecular weight excluding hydrogens is 339 g/mol. The summed E-state index contributed by atoms with van der Waals surface area (Å²) in [4.78, 5) is 0. The molecule has 0 bridgehead atoms. The number of hydrogen-bond acceptors (Lipinski definition) is 4. The lowest BCUT2D eigenvalue weighted by molar-refractivity contribution is 0.00578. The summed E-state index contributed by atoms with van der Waals surface area (Å²) in [6.45, 7) is 13.8. The zero-order valence-corrected chi connectivity index (χ0v) is 17.4. The number of ether oxygens (including phenoxy) is 1. The number of rotatable bonds is 7. The van der Waals surface area contributed by atoms with Crippen molar-refractivity contribution in [3.63, 3.8) is 0 Å². The van der Waals surface area contributed by atoms with Crippen LogP contribution in [0.25, 0.3) is 0 Å². The lowest BCUT2D eigenvalue weighted by Crippen LogP contribution is -2.41. The molecule has 0 aliphatic carbocycles. The van der Waals surface area contributed by atoms with E-state index in [9.17, 15) is 0 Å². The molecule has 1 saturated heterocycles. The van der Waals surface area contributed by atoms with Gasteiger partial charge in [-0.05, 0) is 64.2 Å². The minimum atomic E-state index is -0.372. The van der Waals surface area contributed by atoms with E-state index >= 15 is 0 Å². The molecule has 0 amide bonds. The molecule has 2 aromatic rings. The van der Waals surface area contributed by atoms with Crippen molar-refractivity contribution in [3.05, 3.63) is 41.7 Å². The van der Waals surface area contributed by atoms with Crippen molar-refractivity contribution in [3.8, 4) is 5.75 Å². The average Bonchev–Trinajstić information content (AvgIpc) is 3.12. The van der Waals surface area contributed by atoms with E-state index < -0.39 is 0 Å². The number of benzene rings is 1. The predicted octanol–water partition coefficient (Wildman–Crippen LogP) is 3.39. The van der Waals surface area contributed by atoms with Gasteiger partial charge in [-0.3, -0.25) is 4.68 Å². The third kappa shape index (κ3) is 4.22. The standard InChI is InChI=1S/C21H31BN2O3/c1-7-17-15-18(8-2)24(23-17)12-13-25-19-11-9-10-16(14-19)22-26-20(3,4)21(5,6)27-22/h9-11,14-15H,7-8,12-13H2,1-6H3. The third-order valence-electron chi connectivity index (χ3n) is 5.59. The summed E-state index contributed by atoms with van der Waals surface area (Å²) in [5.74, 6) is 0.822. The van der Waals surface area contributed by atoms with Crippen LogP contribution in [0.4, 0.5) is 0 Å². The zero-order chi connectivity index (χ0) is 19.7. The van der Waals surface area contributed by atoms with Gasteiger partial charge in [0.15, 0.2) is 0 Å². The van der Waals surface area contributed by atoms with E-state index in [1.54, 1.807) is 0 Å². The van der Waals surface area contributed by atoms with Gasteiger partial charge in [0.05, 0.1) is 23.4 Å². The maximum atomic E-state index is 6.13. The van der Waals surface area contributed by atoms with E-state index in [1.807, 2.05) is 24.3 Å². The van der Waals surface area contributed by atoms with Gasteiger partial charge in [-0.25, -0.2) is 0 Å². The van der Waals surface area contributed by atoms with Crippen molar-refractivity contribution in [2.45, 2.75) is 72.1 Å². The van der Waals surface area contributed by atoms with Crippen molar-refractivity contribution in [1.82, 2.24) is 9.78 Å². The van der Waals surface area contributed by atoms with Crippen LogP contribution in [0.2, 0.25) is 0 Å². The highest BCUT2D eigenvalue weighted by atomic mass is 16.7. The lowest BCUT2D eigenvalue weighted by atomic mass is 9.79. The van der Waals surface area contributed by atoms with Crippen molar-refractivity contribution >= 4 is 12.6 Å². The quantitative estimate of drug-likeness (QED) is 0.701. The fourth-order valence-corrected chi connectivity index (χ4v) is 3.15. The minimum Gasteiger partial charge on any atom is -0.492 e. The van der Waals surface area contributed by atoms with Crippen LogP contribution >= 0.6 is 0 Å². The van der Waals surface area contributed by atoms with E-state index in [2.05, 4.69) is 57.4 Å². The Balaban J connectivity index is 1.63. The molecule has 146 valence electrons. The molecule has 3 rings (SSSR count). The summed E-state index contributed by atoms with van der Waals surface area (Å²) in [6.07, 6.45) is 1.93. The molecule has 5 nitrogen and oxygen atoms in total. The Kier molecular flexibility index (Phi) is 5.68. The third-order valence-corrected chi connectivity index (χ3v) is 5.59. The molecule has 0 spiro atoms. The van der Waals surface area contributed by atoms with Crippen LogP contribution in [0, 0.1) is 0 Å². The van der Waals surface area contributed by atoms with E-state index in [4.69, 9.17) is 14.0 Å². The molecule has 0 N–H and O–H groups in total. The van der Waals surface area contributed by atoms with E-state index in [0.717, 1.165) is 36.3 Å². The van der Waals surface area contributed by atoms with Crippen molar-refractivity contribution in [1.29, 1.82) is 0 Å². The SMILES string of the molecule is CCc1cc(CC)n(CCOc2cccc(B3OC(C)(C)C(C)(C)O3)c2)n1. The molecule has 6 heteroatoms. The summed E-state index contributed by atoms with van der Waals surface area (Å²) < 4.78 is 20.3. The van der Waals surface area contributed by atoms with Crippen molar-refractivity contribution in [2.75, 3.05) is 6.61 Å². The second kappa shape index (κ2) is 7.68. The van der Waals surface area contributed by atoms with Gasteiger partial charge in [-0.15, -0.1) is 0 Å². The van der Waals surface area contributed by atoms with Crippen LogP contribution in [-0.4, -0.2) is 34.7 Å². The highest BCUT2D eigenvalue weighted by Crippen LogP contribution is 2.36. The maximum absolute atomic E-state index is 6.13. The maximum Gasteiger partial charge on any atom is 0.494 e. The molecule has 1 aliphatic rings. The lowest BCUT2D eigenvalue weighted by Gasteiger charge is -2.32. The van der Waals surface area contributed by atoms with Gasteiger partial charge in [-0.2, -0.15) is 5.10 Å². The van der Waals surface area contributed by atoms with Gasteiger partial charge in [-0.1, -0.05) is 26.0 Å². The molecule has 0 atom stereocenters. The summed E-state index contributed by atoms with van der Waals surface area (Å²) in [5, 5.41) is 4.64.